The molecule has 0 aromatic carbocycles. The Hall–Kier alpha value is -0.360. The Kier molecular flexibility index (Phi) is 1.48. The van der Waals surface area contributed by atoms with E-state index in [9.17, 15) is 17.6 Å². The molecular formula is C5H6F4O2. The first-order valence-corrected chi connectivity index (χ1v) is 2.83. The lowest BCUT2D eigenvalue weighted by atomic mass is 10.0. The van der Waals surface area contributed by atoms with Gasteiger partial charge in [0.05, 0.1) is 0 Å². The lowest BCUT2D eigenvalue weighted by molar-refractivity contribution is -0.415. The van der Waals surface area contributed by atoms with Crippen molar-refractivity contribution in [3.05, 3.63) is 0 Å². The first kappa shape index (κ1) is 8.73. The highest BCUT2D eigenvalue weighted by Gasteiger charge is 2.74. The maximum atomic E-state index is 12.5. The van der Waals surface area contributed by atoms with Gasteiger partial charge in [0.15, 0.2) is 5.60 Å². The molecule has 1 rings (SSSR count). The minimum atomic E-state index is -4.53. The smallest absolute Gasteiger partial charge is 0.218 e. The summed E-state index contributed by atoms with van der Waals surface area (Å²) >= 11 is 0. The molecular weight excluding hydrogens is 168 g/mol. The summed E-state index contributed by atoms with van der Waals surface area (Å²) in [4.78, 5) is 6.96. The summed E-state index contributed by atoms with van der Waals surface area (Å²) in [5, 5.41) is 0. The van der Waals surface area contributed by atoms with Gasteiger partial charge in [0.25, 0.3) is 0 Å². The van der Waals surface area contributed by atoms with E-state index in [0.717, 1.165) is 13.8 Å². The van der Waals surface area contributed by atoms with Crippen LogP contribution in [0.25, 0.3) is 0 Å². The van der Waals surface area contributed by atoms with E-state index < -0.39 is 17.6 Å². The van der Waals surface area contributed by atoms with Gasteiger partial charge in [-0.25, -0.2) is 4.89 Å². The molecule has 0 aromatic rings. The summed E-state index contributed by atoms with van der Waals surface area (Å²) in [6.07, 6.45) is -4.53. The summed E-state index contributed by atoms with van der Waals surface area (Å²) in [7, 11) is 0. The summed E-state index contributed by atoms with van der Waals surface area (Å²) in [6, 6.07) is 0. The predicted octanol–water partition coefficient (Wildman–Crippen LogP) is 1.95. The molecule has 0 unspecified atom stereocenters. The Balaban J connectivity index is 3.00. The van der Waals surface area contributed by atoms with E-state index in [1.54, 1.807) is 0 Å². The first-order valence-electron chi connectivity index (χ1n) is 2.83. The Morgan fingerprint density at radius 3 is 1.45 bits per heavy atom. The Morgan fingerprint density at radius 1 is 0.909 bits per heavy atom. The number of hydrogen-bond donors (Lipinski definition) is 0. The molecule has 1 saturated heterocycles. The largest absolute Gasteiger partial charge is 0.448 e. The SMILES string of the molecule is CC1(C)OOC(F)(F)C1(F)F. The van der Waals surface area contributed by atoms with Crippen molar-refractivity contribution in [2.75, 3.05) is 0 Å². The highest BCUT2D eigenvalue weighted by atomic mass is 19.3. The van der Waals surface area contributed by atoms with E-state index in [-0.39, 0.29) is 0 Å². The molecule has 0 radical (unpaired) electrons. The fourth-order valence-electron chi connectivity index (χ4n) is 0.612. The molecule has 1 heterocycles. The second-order valence-electron chi connectivity index (χ2n) is 2.77. The van der Waals surface area contributed by atoms with Crippen LogP contribution in [-0.2, 0) is 9.78 Å². The van der Waals surface area contributed by atoms with Crippen LogP contribution < -0.4 is 0 Å². The van der Waals surface area contributed by atoms with Gasteiger partial charge in [0.2, 0.25) is 0 Å². The van der Waals surface area contributed by atoms with Gasteiger partial charge in [-0.2, -0.15) is 22.4 Å². The van der Waals surface area contributed by atoms with Crippen molar-refractivity contribution in [2.45, 2.75) is 31.5 Å². The van der Waals surface area contributed by atoms with Crippen molar-refractivity contribution >= 4 is 0 Å². The quantitative estimate of drug-likeness (QED) is 0.412. The van der Waals surface area contributed by atoms with Crippen LogP contribution in [0.4, 0.5) is 17.6 Å². The molecule has 1 fully saturated rings. The third kappa shape index (κ3) is 0.927. The van der Waals surface area contributed by atoms with Gasteiger partial charge in [-0.05, 0) is 13.8 Å². The molecule has 0 atom stereocenters. The molecule has 1 aliphatic rings. The second-order valence-corrected chi connectivity index (χ2v) is 2.77. The maximum Gasteiger partial charge on any atom is 0.448 e. The zero-order chi connectivity index (χ0) is 8.91. The van der Waals surface area contributed by atoms with Crippen molar-refractivity contribution in [3.63, 3.8) is 0 Å². The molecule has 6 heteroatoms. The molecule has 0 N–H and O–H groups in total. The average Bonchev–Trinajstić information content (AvgIpc) is 1.93. The van der Waals surface area contributed by atoms with Crippen molar-refractivity contribution in [2.24, 2.45) is 0 Å². The molecule has 0 bridgehead atoms. The van der Waals surface area contributed by atoms with E-state index in [1.807, 2.05) is 0 Å². The van der Waals surface area contributed by atoms with Gasteiger partial charge >= 0.3 is 12.0 Å². The normalized spacial score (nSPS) is 32.2. The fourth-order valence-corrected chi connectivity index (χ4v) is 0.612. The van der Waals surface area contributed by atoms with Gasteiger partial charge in [-0.3, -0.25) is 0 Å². The van der Waals surface area contributed by atoms with Crippen molar-refractivity contribution in [1.82, 2.24) is 0 Å². The molecule has 0 aromatic heterocycles. The highest BCUT2D eigenvalue weighted by Crippen LogP contribution is 2.50. The monoisotopic (exact) mass is 174 g/mol. The van der Waals surface area contributed by atoms with Crippen molar-refractivity contribution in [3.8, 4) is 0 Å². The van der Waals surface area contributed by atoms with Gasteiger partial charge in [0, 0.05) is 0 Å². The number of hydrogen-bond acceptors (Lipinski definition) is 2. The van der Waals surface area contributed by atoms with Gasteiger partial charge < -0.3 is 0 Å². The van der Waals surface area contributed by atoms with Crippen LogP contribution in [0.1, 0.15) is 13.8 Å². The summed E-state index contributed by atoms with van der Waals surface area (Å²) < 4.78 is 49.2. The Bertz CT molecular complexity index is 159. The Morgan fingerprint density at radius 2 is 1.36 bits per heavy atom. The van der Waals surface area contributed by atoms with Crippen molar-refractivity contribution < 1.29 is 27.3 Å². The number of alkyl halides is 4. The van der Waals surface area contributed by atoms with Crippen LogP contribution >= 0.6 is 0 Å². The zero-order valence-electron chi connectivity index (χ0n) is 5.83. The van der Waals surface area contributed by atoms with E-state index in [2.05, 4.69) is 9.78 Å². The number of rotatable bonds is 0. The van der Waals surface area contributed by atoms with Crippen LogP contribution in [0.15, 0.2) is 0 Å². The third-order valence-corrected chi connectivity index (χ3v) is 1.48. The third-order valence-electron chi connectivity index (χ3n) is 1.48. The van der Waals surface area contributed by atoms with Crippen LogP contribution in [0, 0.1) is 0 Å². The standard InChI is InChI=1S/C5H6F4O2/c1-3(2)4(6,7)5(8,9)11-10-3/h1-2H3. The van der Waals surface area contributed by atoms with Crippen LogP contribution in [-0.4, -0.2) is 17.6 Å². The Labute approximate surface area is 60.0 Å². The summed E-state index contributed by atoms with van der Waals surface area (Å²) in [6.45, 7) is 1.65. The van der Waals surface area contributed by atoms with E-state index >= 15 is 0 Å². The van der Waals surface area contributed by atoms with Gasteiger partial charge in [-0.1, -0.05) is 0 Å². The van der Waals surface area contributed by atoms with Gasteiger partial charge in [-0.15, -0.1) is 0 Å². The molecule has 11 heavy (non-hydrogen) atoms. The number of halogens is 4. The fraction of sp³-hybridized carbons (Fsp3) is 1.00. The second kappa shape index (κ2) is 1.87. The maximum absolute atomic E-state index is 12.5. The first-order chi connectivity index (χ1) is 4.71. The van der Waals surface area contributed by atoms with Gasteiger partial charge in [0.1, 0.15) is 0 Å². The van der Waals surface area contributed by atoms with E-state index in [1.165, 1.54) is 0 Å². The summed E-state index contributed by atoms with van der Waals surface area (Å²) in [5.41, 5.74) is -2.28. The average molecular weight is 174 g/mol. The molecule has 0 spiro atoms. The van der Waals surface area contributed by atoms with Crippen LogP contribution in [0.3, 0.4) is 0 Å². The molecule has 0 aliphatic carbocycles. The van der Waals surface area contributed by atoms with Crippen molar-refractivity contribution in [1.29, 1.82) is 0 Å². The molecule has 66 valence electrons. The molecule has 2 nitrogen and oxygen atoms in total. The topological polar surface area (TPSA) is 18.5 Å². The lowest BCUT2D eigenvalue weighted by Gasteiger charge is -2.22. The minimum Gasteiger partial charge on any atom is -0.218 e. The lowest BCUT2D eigenvalue weighted by Crippen LogP contribution is -2.48. The molecule has 0 amide bonds. The zero-order valence-corrected chi connectivity index (χ0v) is 5.83. The highest BCUT2D eigenvalue weighted by molar-refractivity contribution is 4.95. The minimum absolute atomic E-state index is 0.827. The molecule has 1 aliphatic heterocycles. The van der Waals surface area contributed by atoms with Crippen LogP contribution in [0.5, 0.6) is 0 Å². The van der Waals surface area contributed by atoms with E-state index in [0.29, 0.717) is 0 Å². The summed E-state index contributed by atoms with van der Waals surface area (Å²) in [5.74, 6) is -4.29. The van der Waals surface area contributed by atoms with E-state index in [4.69, 9.17) is 0 Å². The predicted molar refractivity (Wildman–Crippen MR) is 26.1 cm³/mol. The van der Waals surface area contributed by atoms with Crippen LogP contribution in [0.2, 0.25) is 0 Å². The molecule has 0 saturated carbocycles.